The van der Waals surface area contributed by atoms with Gasteiger partial charge in [-0.15, -0.1) is 0 Å². The second-order valence-corrected chi connectivity index (χ2v) is 5.53. The van der Waals surface area contributed by atoms with E-state index in [9.17, 15) is 0 Å². The van der Waals surface area contributed by atoms with Crippen LogP contribution in [0.4, 0.5) is 0 Å². The summed E-state index contributed by atoms with van der Waals surface area (Å²) >= 11 is 0. The van der Waals surface area contributed by atoms with Gasteiger partial charge in [0.25, 0.3) is 0 Å². The van der Waals surface area contributed by atoms with Crippen molar-refractivity contribution in [3.63, 3.8) is 0 Å². The quantitative estimate of drug-likeness (QED) is 0.921. The summed E-state index contributed by atoms with van der Waals surface area (Å²) in [5.74, 6) is 2.56. The van der Waals surface area contributed by atoms with Gasteiger partial charge in [-0.1, -0.05) is 0 Å². The molecule has 2 N–H and O–H groups in total. The van der Waals surface area contributed by atoms with Crippen molar-refractivity contribution in [1.29, 1.82) is 0 Å². The van der Waals surface area contributed by atoms with Gasteiger partial charge < -0.3 is 10.3 Å². The van der Waals surface area contributed by atoms with E-state index in [1.54, 1.807) is 0 Å². The third kappa shape index (κ3) is 2.25. The molecule has 0 radical (unpaired) electrons. The Bertz CT molecular complexity index is 552. The van der Waals surface area contributed by atoms with Crippen LogP contribution in [-0.4, -0.2) is 21.1 Å². The van der Waals surface area contributed by atoms with Crippen molar-refractivity contribution in [1.82, 2.24) is 14.5 Å². The van der Waals surface area contributed by atoms with Crippen LogP contribution in [0.2, 0.25) is 0 Å². The van der Waals surface area contributed by atoms with Crippen molar-refractivity contribution >= 4 is 11.0 Å². The number of hydrogen-bond donors (Lipinski definition) is 1. The zero-order valence-electron chi connectivity index (χ0n) is 11.5. The van der Waals surface area contributed by atoms with E-state index in [2.05, 4.69) is 22.5 Å². The van der Waals surface area contributed by atoms with Crippen LogP contribution in [0.1, 0.15) is 44.3 Å². The predicted molar refractivity (Wildman–Crippen MR) is 77.0 cm³/mol. The molecule has 0 aromatic carbocycles. The zero-order chi connectivity index (χ0) is 13.2. The number of hydrogen-bond acceptors (Lipinski definition) is 3. The van der Waals surface area contributed by atoms with E-state index in [0.717, 1.165) is 24.5 Å². The summed E-state index contributed by atoms with van der Waals surface area (Å²) in [6, 6.07) is 2.07. The van der Waals surface area contributed by atoms with Gasteiger partial charge >= 0.3 is 0 Å². The van der Waals surface area contributed by atoms with Gasteiger partial charge in [0.15, 0.2) is 0 Å². The molecule has 1 fully saturated rings. The number of aromatic nitrogens is 3. The van der Waals surface area contributed by atoms with Crippen LogP contribution in [0.3, 0.4) is 0 Å². The summed E-state index contributed by atoms with van der Waals surface area (Å²) in [5.41, 5.74) is 8.02. The molecule has 3 rings (SSSR count). The molecular weight excluding hydrogens is 236 g/mol. The van der Waals surface area contributed by atoms with E-state index in [1.165, 1.54) is 37.0 Å². The number of rotatable bonds is 3. The second kappa shape index (κ2) is 5.29. The molecule has 4 heteroatoms. The Morgan fingerprint density at radius 3 is 2.79 bits per heavy atom. The molecule has 0 aliphatic heterocycles. The molecule has 0 saturated heterocycles. The SMILES string of the molecule is CCn1c(C2CCC(CN)CC2)nc2cnccc21. The summed E-state index contributed by atoms with van der Waals surface area (Å²) < 4.78 is 2.35. The Kier molecular flexibility index (Phi) is 3.51. The molecule has 0 unspecified atom stereocenters. The van der Waals surface area contributed by atoms with Crippen molar-refractivity contribution in [2.24, 2.45) is 11.7 Å². The molecule has 2 aromatic heterocycles. The van der Waals surface area contributed by atoms with Crippen LogP contribution in [0, 0.1) is 5.92 Å². The van der Waals surface area contributed by atoms with E-state index in [1.807, 2.05) is 12.4 Å². The van der Waals surface area contributed by atoms with Crippen LogP contribution in [-0.2, 0) is 6.54 Å². The molecular formula is C15H22N4. The molecule has 2 heterocycles. The number of fused-ring (bicyclic) bond motifs is 1. The molecule has 0 amide bonds. The maximum atomic E-state index is 5.78. The Morgan fingerprint density at radius 1 is 1.32 bits per heavy atom. The van der Waals surface area contributed by atoms with Crippen LogP contribution in [0.15, 0.2) is 18.5 Å². The van der Waals surface area contributed by atoms with E-state index in [-0.39, 0.29) is 0 Å². The van der Waals surface area contributed by atoms with E-state index in [0.29, 0.717) is 5.92 Å². The van der Waals surface area contributed by atoms with Crippen LogP contribution < -0.4 is 5.73 Å². The summed E-state index contributed by atoms with van der Waals surface area (Å²) in [7, 11) is 0. The average molecular weight is 258 g/mol. The lowest BCUT2D eigenvalue weighted by Gasteiger charge is -2.27. The molecule has 0 bridgehead atoms. The molecule has 19 heavy (non-hydrogen) atoms. The third-order valence-electron chi connectivity index (χ3n) is 4.44. The van der Waals surface area contributed by atoms with Crippen LogP contribution in [0.5, 0.6) is 0 Å². The number of aryl methyl sites for hydroxylation is 1. The third-order valence-corrected chi connectivity index (χ3v) is 4.44. The van der Waals surface area contributed by atoms with Gasteiger partial charge in [-0.2, -0.15) is 0 Å². The molecule has 0 atom stereocenters. The number of nitrogens with zero attached hydrogens (tertiary/aromatic N) is 3. The van der Waals surface area contributed by atoms with Gasteiger partial charge in [0.2, 0.25) is 0 Å². The van der Waals surface area contributed by atoms with E-state index >= 15 is 0 Å². The monoisotopic (exact) mass is 258 g/mol. The first-order chi connectivity index (χ1) is 9.33. The Labute approximate surface area is 114 Å². The highest BCUT2D eigenvalue weighted by molar-refractivity contribution is 5.74. The van der Waals surface area contributed by atoms with Gasteiger partial charge in [-0.3, -0.25) is 4.98 Å². The van der Waals surface area contributed by atoms with Gasteiger partial charge in [0.1, 0.15) is 11.3 Å². The average Bonchev–Trinajstić information content (AvgIpc) is 2.85. The first-order valence-electron chi connectivity index (χ1n) is 7.33. The summed E-state index contributed by atoms with van der Waals surface area (Å²) in [6.45, 7) is 4.00. The van der Waals surface area contributed by atoms with Crippen molar-refractivity contribution in [3.8, 4) is 0 Å². The molecule has 0 spiro atoms. The smallest absolute Gasteiger partial charge is 0.113 e. The highest BCUT2D eigenvalue weighted by atomic mass is 15.1. The Morgan fingerprint density at radius 2 is 2.11 bits per heavy atom. The predicted octanol–water partition coefficient (Wildman–Crippen LogP) is 2.68. The zero-order valence-corrected chi connectivity index (χ0v) is 11.5. The minimum Gasteiger partial charge on any atom is -0.330 e. The van der Waals surface area contributed by atoms with Crippen molar-refractivity contribution in [2.45, 2.75) is 45.1 Å². The fraction of sp³-hybridized carbons (Fsp3) is 0.600. The Hall–Kier alpha value is -1.42. The minimum atomic E-state index is 0.593. The fourth-order valence-corrected chi connectivity index (χ4v) is 3.30. The molecule has 4 nitrogen and oxygen atoms in total. The molecule has 1 saturated carbocycles. The molecule has 1 aliphatic rings. The maximum absolute atomic E-state index is 5.78. The molecule has 102 valence electrons. The van der Waals surface area contributed by atoms with E-state index < -0.39 is 0 Å². The topological polar surface area (TPSA) is 56.7 Å². The first kappa shape index (κ1) is 12.6. The number of pyridine rings is 1. The van der Waals surface area contributed by atoms with Gasteiger partial charge in [0.05, 0.1) is 11.7 Å². The van der Waals surface area contributed by atoms with Gasteiger partial charge in [-0.25, -0.2) is 4.98 Å². The maximum Gasteiger partial charge on any atom is 0.113 e. The van der Waals surface area contributed by atoms with E-state index in [4.69, 9.17) is 10.7 Å². The molecule has 1 aliphatic carbocycles. The normalized spacial score (nSPS) is 23.9. The van der Waals surface area contributed by atoms with Crippen molar-refractivity contribution < 1.29 is 0 Å². The molecule has 2 aromatic rings. The number of nitrogens with two attached hydrogens (primary N) is 1. The number of imidazole rings is 1. The summed E-state index contributed by atoms with van der Waals surface area (Å²) in [6.07, 6.45) is 8.65. The van der Waals surface area contributed by atoms with Crippen LogP contribution in [0.25, 0.3) is 11.0 Å². The fourth-order valence-electron chi connectivity index (χ4n) is 3.30. The lowest BCUT2D eigenvalue weighted by Crippen LogP contribution is -2.22. The summed E-state index contributed by atoms with van der Waals surface area (Å²) in [4.78, 5) is 9.01. The summed E-state index contributed by atoms with van der Waals surface area (Å²) in [5, 5.41) is 0. The highest BCUT2D eigenvalue weighted by Gasteiger charge is 2.25. The van der Waals surface area contributed by atoms with Crippen molar-refractivity contribution in [3.05, 3.63) is 24.3 Å². The lowest BCUT2D eigenvalue weighted by atomic mass is 9.81. The standard InChI is InChI=1S/C15H22N4/c1-2-19-14-7-8-17-10-13(14)18-15(19)12-5-3-11(9-16)4-6-12/h7-8,10-12H,2-6,9,16H2,1H3. The Balaban J connectivity index is 1.92. The first-order valence-corrected chi connectivity index (χ1v) is 7.33. The van der Waals surface area contributed by atoms with Gasteiger partial charge in [-0.05, 0) is 51.1 Å². The van der Waals surface area contributed by atoms with Crippen molar-refractivity contribution in [2.75, 3.05) is 6.54 Å². The second-order valence-electron chi connectivity index (χ2n) is 5.53. The van der Waals surface area contributed by atoms with Crippen LogP contribution >= 0.6 is 0 Å². The highest BCUT2D eigenvalue weighted by Crippen LogP contribution is 2.36. The lowest BCUT2D eigenvalue weighted by molar-refractivity contribution is 0.321. The largest absolute Gasteiger partial charge is 0.330 e. The minimum absolute atomic E-state index is 0.593. The van der Waals surface area contributed by atoms with Gasteiger partial charge in [0, 0.05) is 18.7 Å².